The number of anilines is 1. The number of hydrogen-bond acceptors (Lipinski definition) is 5. The van der Waals surface area contributed by atoms with Crippen LogP contribution in [0.4, 0.5) is 18.9 Å². The zero-order chi connectivity index (χ0) is 20.2. The van der Waals surface area contributed by atoms with Crippen LogP contribution < -0.4 is 19.1 Å². The molecule has 2 heterocycles. The van der Waals surface area contributed by atoms with Crippen molar-refractivity contribution < 1.29 is 32.2 Å². The first-order chi connectivity index (χ1) is 13.9. The molecule has 152 valence electrons. The molecular formula is C21H18F3NO4. The van der Waals surface area contributed by atoms with E-state index in [1.807, 2.05) is 17.0 Å². The van der Waals surface area contributed by atoms with Crippen LogP contribution in [0.15, 0.2) is 36.4 Å². The minimum absolute atomic E-state index is 0.0673. The first-order valence-electron chi connectivity index (χ1n) is 9.50. The lowest BCUT2D eigenvalue weighted by Gasteiger charge is -2.35. The zero-order valence-electron chi connectivity index (χ0n) is 15.4. The van der Waals surface area contributed by atoms with Crippen LogP contribution >= 0.6 is 0 Å². The van der Waals surface area contributed by atoms with E-state index in [4.69, 9.17) is 9.47 Å². The Bertz CT molecular complexity index is 958. The number of esters is 1. The van der Waals surface area contributed by atoms with Crippen molar-refractivity contribution in [1.82, 2.24) is 0 Å². The fraction of sp³-hybridized carbons (Fsp3) is 0.381. The van der Waals surface area contributed by atoms with Gasteiger partial charge in [-0.15, -0.1) is 13.2 Å². The molecule has 1 fully saturated rings. The zero-order valence-corrected chi connectivity index (χ0v) is 15.4. The van der Waals surface area contributed by atoms with Crippen molar-refractivity contribution in [2.75, 3.05) is 11.6 Å². The van der Waals surface area contributed by atoms with Gasteiger partial charge in [0, 0.05) is 11.6 Å². The summed E-state index contributed by atoms with van der Waals surface area (Å²) < 4.78 is 52.5. The quantitative estimate of drug-likeness (QED) is 0.533. The van der Waals surface area contributed by atoms with Crippen LogP contribution in [-0.4, -0.2) is 19.1 Å². The standard InChI is InChI=1S/C21H18F3NO4/c22-21(23,24)29-13-6-4-12(5-7-13)25-10-17-18(27-11-25)9-8-15-14-2-1-3-16(14)20(26)28-19(15)17/h4-9,14,16H,1-3,10-11H2/t14-,16+/m1/s1. The lowest BCUT2D eigenvalue weighted by Crippen LogP contribution is -2.34. The van der Waals surface area contributed by atoms with Crippen molar-refractivity contribution in [1.29, 1.82) is 0 Å². The molecule has 5 nitrogen and oxygen atoms in total. The highest BCUT2D eigenvalue weighted by Crippen LogP contribution is 2.50. The fourth-order valence-electron chi connectivity index (χ4n) is 4.52. The Morgan fingerprint density at radius 3 is 2.55 bits per heavy atom. The summed E-state index contributed by atoms with van der Waals surface area (Å²) >= 11 is 0. The molecule has 3 aliphatic rings. The van der Waals surface area contributed by atoms with Crippen LogP contribution in [0.25, 0.3) is 0 Å². The Morgan fingerprint density at radius 1 is 1.03 bits per heavy atom. The van der Waals surface area contributed by atoms with Crippen molar-refractivity contribution in [3.63, 3.8) is 0 Å². The topological polar surface area (TPSA) is 48.0 Å². The highest BCUT2D eigenvalue weighted by Gasteiger charge is 2.42. The molecule has 2 aromatic carbocycles. The number of halogens is 3. The van der Waals surface area contributed by atoms with E-state index in [9.17, 15) is 18.0 Å². The van der Waals surface area contributed by atoms with Crippen molar-refractivity contribution >= 4 is 11.7 Å². The molecule has 0 unspecified atom stereocenters. The Kier molecular flexibility index (Phi) is 4.11. The van der Waals surface area contributed by atoms with Crippen molar-refractivity contribution in [2.45, 2.75) is 38.1 Å². The Labute approximate surface area is 165 Å². The number of nitrogens with zero attached hydrogens (tertiary/aromatic N) is 1. The summed E-state index contributed by atoms with van der Waals surface area (Å²) in [6, 6.07) is 9.53. The molecule has 0 amide bonds. The number of hydrogen-bond donors (Lipinski definition) is 0. The average molecular weight is 405 g/mol. The number of fused-ring (bicyclic) bond motifs is 5. The number of carbonyl (C=O) groups excluding carboxylic acids is 1. The third-order valence-electron chi connectivity index (χ3n) is 5.83. The van der Waals surface area contributed by atoms with Crippen LogP contribution in [0.3, 0.4) is 0 Å². The highest BCUT2D eigenvalue weighted by molar-refractivity contribution is 5.81. The predicted molar refractivity (Wildman–Crippen MR) is 97.0 cm³/mol. The van der Waals surface area contributed by atoms with Gasteiger partial charge in [0.2, 0.25) is 0 Å². The van der Waals surface area contributed by atoms with E-state index in [0.29, 0.717) is 23.7 Å². The second-order valence-corrected chi connectivity index (χ2v) is 7.54. The fourth-order valence-corrected chi connectivity index (χ4v) is 4.52. The molecule has 0 radical (unpaired) electrons. The van der Waals surface area contributed by atoms with Crippen LogP contribution in [-0.2, 0) is 11.3 Å². The third-order valence-corrected chi connectivity index (χ3v) is 5.83. The molecule has 0 saturated heterocycles. The van der Waals surface area contributed by atoms with Crippen molar-refractivity contribution in [2.24, 2.45) is 5.92 Å². The minimum Gasteiger partial charge on any atom is -0.473 e. The molecular weight excluding hydrogens is 387 g/mol. The summed E-state index contributed by atoms with van der Waals surface area (Å²) in [6.07, 6.45) is -1.89. The number of ether oxygens (including phenoxy) is 3. The normalized spacial score (nSPS) is 22.9. The summed E-state index contributed by atoms with van der Waals surface area (Å²) in [7, 11) is 0. The molecule has 8 heteroatoms. The summed E-state index contributed by atoms with van der Waals surface area (Å²) in [4.78, 5) is 14.3. The largest absolute Gasteiger partial charge is 0.573 e. The van der Waals surface area contributed by atoms with Crippen molar-refractivity contribution in [3.05, 3.63) is 47.5 Å². The van der Waals surface area contributed by atoms with Crippen molar-refractivity contribution in [3.8, 4) is 17.2 Å². The molecule has 2 atom stereocenters. The minimum atomic E-state index is -4.73. The molecule has 5 rings (SSSR count). The lowest BCUT2D eigenvalue weighted by molar-refractivity contribution is -0.274. The van der Waals surface area contributed by atoms with Gasteiger partial charge >= 0.3 is 12.3 Å². The van der Waals surface area contributed by atoms with Gasteiger partial charge in [0.05, 0.1) is 18.0 Å². The molecule has 0 aromatic heterocycles. The number of carbonyl (C=O) groups is 1. The molecule has 2 aliphatic heterocycles. The molecule has 29 heavy (non-hydrogen) atoms. The first-order valence-corrected chi connectivity index (χ1v) is 9.50. The van der Waals surface area contributed by atoms with Gasteiger partial charge in [-0.2, -0.15) is 0 Å². The van der Waals surface area contributed by atoms with Gasteiger partial charge in [-0.25, -0.2) is 0 Å². The summed E-state index contributed by atoms with van der Waals surface area (Å²) in [5.41, 5.74) is 2.52. The molecule has 0 bridgehead atoms. The van der Waals surface area contributed by atoms with E-state index in [-0.39, 0.29) is 30.3 Å². The van der Waals surface area contributed by atoms with Crippen LogP contribution in [0.5, 0.6) is 17.2 Å². The Morgan fingerprint density at radius 2 is 1.79 bits per heavy atom. The first kappa shape index (κ1) is 18.1. The molecule has 0 spiro atoms. The monoisotopic (exact) mass is 405 g/mol. The smallest absolute Gasteiger partial charge is 0.473 e. The van der Waals surface area contributed by atoms with Crippen LogP contribution in [0.1, 0.15) is 36.3 Å². The number of rotatable bonds is 2. The van der Waals surface area contributed by atoms with Gasteiger partial charge in [-0.3, -0.25) is 4.79 Å². The predicted octanol–water partition coefficient (Wildman–Crippen LogP) is 4.74. The second-order valence-electron chi connectivity index (χ2n) is 7.54. The molecule has 1 aliphatic carbocycles. The molecule has 1 saturated carbocycles. The van der Waals surface area contributed by atoms with E-state index in [1.165, 1.54) is 12.1 Å². The Hall–Kier alpha value is -2.90. The maximum absolute atomic E-state index is 12.4. The van der Waals surface area contributed by atoms with E-state index in [2.05, 4.69) is 4.74 Å². The second kappa shape index (κ2) is 6.57. The van der Waals surface area contributed by atoms with E-state index < -0.39 is 6.36 Å². The summed E-state index contributed by atoms with van der Waals surface area (Å²) in [5.74, 6) is 0.907. The summed E-state index contributed by atoms with van der Waals surface area (Å²) in [5, 5.41) is 0. The highest BCUT2D eigenvalue weighted by atomic mass is 19.4. The molecule has 2 aromatic rings. The van der Waals surface area contributed by atoms with Crippen LogP contribution in [0.2, 0.25) is 0 Å². The van der Waals surface area contributed by atoms with E-state index in [0.717, 1.165) is 30.4 Å². The van der Waals surface area contributed by atoms with Gasteiger partial charge in [-0.1, -0.05) is 12.5 Å². The SMILES string of the molecule is O=C1Oc2c(ccc3c2CN(c2ccc(OC(F)(F)F)cc2)CO3)[C@H]2CCC[C@H]12. The van der Waals surface area contributed by atoms with Gasteiger partial charge in [0.1, 0.15) is 17.2 Å². The number of benzene rings is 2. The van der Waals surface area contributed by atoms with Crippen LogP contribution in [0, 0.1) is 5.92 Å². The third kappa shape index (κ3) is 3.26. The Balaban J connectivity index is 1.42. The maximum Gasteiger partial charge on any atom is 0.573 e. The van der Waals surface area contributed by atoms with Gasteiger partial charge in [0.25, 0.3) is 0 Å². The average Bonchev–Trinajstić information content (AvgIpc) is 3.18. The van der Waals surface area contributed by atoms with Gasteiger partial charge < -0.3 is 19.1 Å². The lowest BCUT2D eigenvalue weighted by atomic mass is 9.85. The van der Waals surface area contributed by atoms with E-state index in [1.54, 1.807) is 12.1 Å². The summed E-state index contributed by atoms with van der Waals surface area (Å²) in [6.45, 7) is 0.675. The number of alkyl halides is 3. The maximum atomic E-state index is 12.4. The van der Waals surface area contributed by atoms with E-state index >= 15 is 0 Å². The van der Waals surface area contributed by atoms with Gasteiger partial charge in [-0.05, 0) is 48.7 Å². The van der Waals surface area contributed by atoms with Gasteiger partial charge in [0.15, 0.2) is 6.73 Å². The molecule has 0 N–H and O–H groups in total.